The molecule has 3 aromatic rings. The minimum Gasteiger partial charge on any atom is -0.451 e. The summed E-state index contributed by atoms with van der Waals surface area (Å²) in [6, 6.07) is 9.63. The smallest absolute Gasteiger partial charge is 0.451 e. The van der Waals surface area contributed by atoms with E-state index in [0.717, 1.165) is 5.39 Å². The standard InChI is InChI=1S/C22H23N6O9P/c1-2-33-13-17-27-20-21(15-5-3-4-6-16(15)26-22(20)25)28(17)7-8-35-38(31,32)36-12-14(37-19(30)10-24)11-34-18(29)9-23/h3-6,14H,2,7-8,11-13H2,1H3,(H2,25,26)(H,31,32)/t14-/m1/s1. The molecule has 2 aromatic heterocycles. The van der Waals surface area contributed by atoms with E-state index in [-0.39, 0.29) is 25.6 Å². The van der Waals surface area contributed by atoms with Gasteiger partial charge in [0.15, 0.2) is 24.1 Å². The molecular formula is C22H23N6O9P. The van der Waals surface area contributed by atoms with Crippen LogP contribution in [0.5, 0.6) is 0 Å². The molecule has 15 nitrogen and oxygen atoms in total. The van der Waals surface area contributed by atoms with Gasteiger partial charge in [0.1, 0.15) is 24.6 Å². The zero-order valence-electron chi connectivity index (χ0n) is 20.1. The number of nitriles is 2. The van der Waals surface area contributed by atoms with E-state index in [9.17, 15) is 19.0 Å². The number of carbonyl (C=O) groups excluding carboxylic acids is 2. The van der Waals surface area contributed by atoms with Crippen molar-refractivity contribution in [2.75, 3.05) is 32.2 Å². The van der Waals surface area contributed by atoms with E-state index >= 15 is 0 Å². The minimum absolute atomic E-state index is 0.0485. The summed E-state index contributed by atoms with van der Waals surface area (Å²) in [5.74, 6) is -1.94. The summed E-state index contributed by atoms with van der Waals surface area (Å²) >= 11 is 0. The Morgan fingerprint density at radius 3 is 2.61 bits per heavy atom. The maximum Gasteiger partial charge on any atom is 0.472 e. The van der Waals surface area contributed by atoms with Gasteiger partial charge >= 0.3 is 19.8 Å². The normalized spacial score (nSPS) is 13.4. The number of esters is 2. The lowest BCUT2D eigenvalue weighted by molar-refractivity contribution is -0.153. The van der Waals surface area contributed by atoms with Crippen LogP contribution in [-0.2, 0) is 50.6 Å². The molecule has 3 N–H and O–H groups in total. The van der Waals surface area contributed by atoms with E-state index in [1.165, 1.54) is 12.1 Å². The van der Waals surface area contributed by atoms with E-state index in [4.69, 9.17) is 30.0 Å². The second-order valence-corrected chi connectivity index (χ2v) is 8.93. The van der Waals surface area contributed by atoms with Crippen molar-refractivity contribution in [2.45, 2.75) is 26.2 Å². The third-order valence-electron chi connectivity index (χ3n) is 4.97. The van der Waals surface area contributed by atoms with Gasteiger partial charge in [0, 0.05) is 18.5 Å². The zero-order chi connectivity index (χ0) is 27.7. The Hall–Kier alpha value is -4.11. The van der Waals surface area contributed by atoms with Gasteiger partial charge in [-0.05, 0) is 13.0 Å². The summed E-state index contributed by atoms with van der Waals surface area (Å²) < 4.78 is 38.8. The highest BCUT2D eigenvalue weighted by molar-refractivity contribution is 7.47. The quantitative estimate of drug-likeness (QED) is 0.175. The number of imidazole rings is 1. The summed E-state index contributed by atoms with van der Waals surface area (Å²) in [5.41, 5.74) is 7.84. The molecule has 0 aliphatic heterocycles. The maximum absolute atomic E-state index is 12.4. The lowest BCUT2D eigenvalue weighted by Crippen LogP contribution is -2.29. The van der Waals surface area contributed by atoms with Gasteiger partial charge in [0.2, 0.25) is 0 Å². The van der Waals surface area contributed by atoms with Crippen molar-refractivity contribution < 1.29 is 42.3 Å². The lowest BCUT2D eigenvalue weighted by Gasteiger charge is -2.18. The molecule has 0 spiro atoms. The largest absolute Gasteiger partial charge is 0.472 e. The van der Waals surface area contributed by atoms with Crippen molar-refractivity contribution in [2.24, 2.45) is 0 Å². The van der Waals surface area contributed by atoms with Crippen LogP contribution >= 0.6 is 7.82 Å². The number of rotatable bonds is 13. The number of para-hydroxylation sites is 1. The summed E-state index contributed by atoms with van der Waals surface area (Å²) in [4.78, 5) is 41.3. The Morgan fingerprint density at radius 2 is 1.89 bits per heavy atom. The van der Waals surface area contributed by atoms with Crippen LogP contribution in [0.2, 0.25) is 0 Å². The fourth-order valence-electron chi connectivity index (χ4n) is 3.41. The second kappa shape index (κ2) is 12.9. The van der Waals surface area contributed by atoms with Gasteiger partial charge in [-0.25, -0.2) is 24.1 Å². The van der Waals surface area contributed by atoms with Gasteiger partial charge in [-0.15, -0.1) is 0 Å². The Balaban J connectivity index is 1.74. The number of phosphoric acid groups is 1. The molecular weight excluding hydrogens is 523 g/mol. The second-order valence-electron chi connectivity index (χ2n) is 7.48. The Bertz CT molecular complexity index is 1460. The van der Waals surface area contributed by atoms with Crippen LogP contribution < -0.4 is 5.73 Å². The van der Waals surface area contributed by atoms with E-state index in [0.29, 0.717) is 29.0 Å². The van der Waals surface area contributed by atoms with Crippen LogP contribution in [0.1, 0.15) is 12.7 Å². The number of nitrogen functional groups attached to an aromatic ring is 1. The van der Waals surface area contributed by atoms with Gasteiger partial charge in [-0.3, -0.25) is 9.05 Å². The van der Waals surface area contributed by atoms with Crippen LogP contribution in [0.3, 0.4) is 0 Å². The van der Waals surface area contributed by atoms with Gasteiger partial charge in [-0.2, -0.15) is 10.5 Å². The molecule has 3 rings (SSSR count). The molecule has 1 unspecified atom stereocenters. The molecule has 1 aromatic carbocycles. The van der Waals surface area contributed by atoms with Gasteiger partial charge < -0.3 is 29.4 Å². The molecule has 0 saturated carbocycles. The highest BCUT2D eigenvalue weighted by Gasteiger charge is 2.27. The number of fused-ring (bicyclic) bond motifs is 3. The summed E-state index contributed by atoms with van der Waals surface area (Å²) in [5, 5.41) is 17.8. The number of phosphoric ester groups is 1. The van der Waals surface area contributed by atoms with Crippen molar-refractivity contribution in [3.8, 4) is 12.1 Å². The fraction of sp³-hybridized carbons (Fsp3) is 0.364. The number of carbonyl (C=O) groups is 2. The predicted molar refractivity (Wildman–Crippen MR) is 129 cm³/mol. The lowest BCUT2D eigenvalue weighted by atomic mass is 10.2. The first kappa shape index (κ1) is 28.5. The summed E-state index contributed by atoms with van der Waals surface area (Å²) in [7, 11) is -4.71. The van der Waals surface area contributed by atoms with Crippen LogP contribution in [0, 0.1) is 22.7 Å². The number of nitrogens with two attached hydrogens (primary N) is 1. The van der Waals surface area contributed by atoms with Gasteiger partial charge in [0.25, 0.3) is 0 Å². The Morgan fingerprint density at radius 1 is 1.16 bits per heavy atom. The van der Waals surface area contributed by atoms with Crippen molar-refractivity contribution in [3.05, 3.63) is 30.1 Å². The molecule has 2 atom stereocenters. The van der Waals surface area contributed by atoms with Crippen molar-refractivity contribution >= 4 is 47.5 Å². The molecule has 0 amide bonds. The topological polar surface area (TPSA) is 222 Å². The maximum atomic E-state index is 12.4. The van der Waals surface area contributed by atoms with Gasteiger partial charge in [-0.1, -0.05) is 18.2 Å². The molecule has 0 radical (unpaired) electrons. The first-order valence-electron chi connectivity index (χ1n) is 11.1. The Labute approximate surface area is 215 Å². The minimum atomic E-state index is -4.71. The molecule has 0 aliphatic rings. The van der Waals surface area contributed by atoms with Crippen LogP contribution in [-0.4, -0.2) is 63.9 Å². The molecule has 0 saturated heterocycles. The van der Waals surface area contributed by atoms with Crippen LogP contribution in [0.25, 0.3) is 21.9 Å². The predicted octanol–water partition coefficient (Wildman–Crippen LogP) is 1.34. The molecule has 0 aliphatic carbocycles. The number of anilines is 1. The van der Waals surface area contributed by atoms with Crippen LogP contribution in [0.15, 0.2) is 24.3 Å². The first-order chi connectivity index (χ1) is 18.2. The van der Waals surface area contributed by atoms with Crippen LogP contribution in [0.4, 0.5) is 5.82 Å². The average molecular weight is 546 g/mol. The number of pyridine rings is 1. The molecule has 38 heavy (non-hydrogen) atoms. The van der Waals surface area contributed by atoms with E-state index in [2.05, 4.69) is 19.4 Å². The van der Waals surface area contributed by atoms with E-state index in [1.54, 1.807) is 10.6 Å². The number of hydrogen-bond donors (Lipinski definition) is 2. The molecule has 200 valence electrons. The average Bonchev–Trinajstić information content (AvgIpc) is 3.27. The highest BCUT2D eigenvalue weighted by atomic mass is 31.2. The third-order valence-corrected chi connectivity index (χ3v) is 5.96. The number of benzene rings is 1. The molecule has 16 heteroatoms. The SMILES string of the molecule is CCOCc1nc2c(N)nc3ccccc3c2n1CCOP(=O)(O)OC[C@@H](COC(=O)C#N)OC(=O)C#N. The number of ether oxygens (including phenoxy) is 3. The summed E-state index contributed by atoms with van der Waals surface area (Å²) in [6.45, 7) is 0.659. The van der Waals surface area contributed by atoms with E-state index < -0.39 is 39.1 Å². The Kier molecular flexibility index (Phi) is 9.67. The number of hydrogen-bond acceptors (Lipinski definition) is 13. The fourth-order valence-corrected chi connectivity index (χ4v) is 4.15. The van der Waals surface area contributed by atoms with Gasteiger partial charge in [0.05, 0.1) is 24.2 Å². The monoisotopic (exact) mass is 546 g/mol. The first-order valence-corrected chi connectivity index (χ1v) is 12.6. The third kappa shape index (κ3) is 7.23. The van der Waals surface area contributed by atoms with E-state index in [1.807, 2.05) is 25.1 Å². The number of nitrogens with zero attached hydrogens (tertiary/aromatic N) is 5. The van der Waals surface area contributed by atoms with Crippen molar-refractivity contribution in [1.29, 1.82) is 10.5 Å². The summed E-state index contributed by atoms with van der Waals surface area (Å²) in [6.07, 6.45) is -1.44. The molecule has 0 bridgehead atoms. The van der Waals surface area contributed by atoms with Crippen molar-refractivity contribution in [1.82, 2.24) is 14.5 Å². The highest BCUT2D eigenvalue weighted by Crippen LogP contribution is 2.43. The number of aromatic nitrogens is 3. The zero-order valence-corrected chi connectivity index (χ0v) is 21.0. The molecule has 0 fully saturated rings. The van der Waals surface area contributed by atoms with Crippen molar-refractivity contribution in [3.63, 3.8) is 0 Å². The molecule has 2 heterocycles.